The maximum absolute atomic E-state index is 11.6. The van der Waals surface area contributed by atoms with Gasteiger partial charge in [0.15, 0.2) is 5.82 Å². The van der Waals surface area contributed by atoms with Gasteiger partial charge >= 0.3 is 0 Å². The highest BCUT2D eigenvalue weighted by atomic mass is 16.1. The normalized spacial score (nSPS) is 27.6. The van der Waals surface area contributed by atoms with Crippen molar-refractivity contribution in [3.8, 4) is 0 Å². The lowest BCUT2D eigenvalue weighted by Crippen LogP contribution is -2.41. The molecule has 3 fully saturated rings. The Bertz CT molecular complexity index is 601. The summed E-state index contributed by atoms with van der Waals surface area (Å²) in [6.45, 7) is 6.27. The predicted octanol–water partition coefficient (Wildman–Crippen LogP) is 2.74. The summed E-state index contributed by atoms with van der Waals surface area (Å²) in [5.74, 6) is 2.61. The Morgan fingerprint density at radius 1 is 1.29 bits per heavy atom. The fraction of sp³-hybridized carbons (Fsp3) is 0.684. The van der Waals surface area contributed by atoms with E-state index in [4.69, 9.17) is 0 Å². The van der Waals surface area contributed by atoms with Gasteiger partial charge in [0.25, 0.3) is 0 Å². The Balaban J connectivity index is 1.57. The zero-order chi connectivity index (χ0) is 16.5. The van der Waals surface area contributed by atoms with Crippen molar-refractivity contribution in [2.24, 2.45) is 11.8 Å². The number of hydrogen-bond acceptors (Lipinski definition) is 4. The number of hydrogen-bond donors (Lipinski definition) is 1. The van der Waals surface area contributed by atoms with E-state index in [9.17, 15) is 4.79 Å². The van der Waals surface area contributed by atoms with E-state index >= 15 is 0 Å². The first-order valence-electron chi connectivity index (χ1n) is 9.42. The minimum Gasteiger partial charge on any atom is -0.350 e. The molecule has 1 aliphatic carbocycles. The third-order valence-corrected chi connectivity index (χ3v) is 5.69. The van der Waals surface area contributed by atoms with Gasteiger partial charge in [0.05, 0.1) is 5.69 Å². The molecule has 0 unspecified atom stereocenters. The highest BCUT2D eigenvalue weighted by Crippen LogP contribution is 2.37. The molecule has 5 nitrogen and oxygen atoms in total. The fourth-order valence-electron chi connectivity index (χ4n) is 4.42. The maximum Gasteiger partial charge on any atom is 0.221 e. The summed E-state index contributed by atoms with van der Waals surface area (Å²) in [4.78, 5) is 21.4. The second kappa shape index (κ2) is 6.71. The Hall–Kier alpha value is -1.62. The van der Waals surface area contributed by atoms with Crippen LogP contribution < -0.4 is 10.2 Å². The standard InChI is InChI=1S/C19H28N4O/c1-14(24)21-17-6-4-9-20-19(17)23-10-3-2-5-16-12-22(13-18(16)23)11-15-7-8-15/h4,6,9,15-16,18H,2-3,5,7-8,10-13H2,1H3,(H,21,24)/t16-,18+/m1/s1. The predicted molar refractivity (Wildman–Crippen MR) is 96.2 cm³/mol. The van der Waals surface area contributed by atoms with Gasteiger partial charge in [-0.3, -0.25) is 4.79 Å². The minimum atomic E-state index is -0.0302. The molecule has 0 spiro atoms. The smallest absolute Gasteiger partial charge is 0.221 e. The number of aromatic nitrogens is 1. The van der Waals surface area contributed by atoms with Gasteiger partial charge in [-0.25, -0.2) is 4.98 Å². The monoisotopic (exact) mass is 328 g/mol. The van der Waals surface area contributed by atoms with Crippen molar-refractivity contribution in [3.05, 3.63) is 18.3 Å². The summed E-state index contributed by atoms with van der Waals surface area (Å²) in [5, 5.41) is 2.97. The first-order chi connectivity index (χ1) is 11.7. The molecular weight excluding hydrogens is 300 g/mol. The van der Waals surface area contributed by atoms with Crippen LogP contribution in [0.4, 0.5) is 11.5 Å². The van der Waals surface area contributed by atoms with Gasteiger partial charge in [-0.1, -0.05) is 6.42 Å². The minimum absolute atomic E-state index is 0.0302. The van der Waals surface area contributed by atoms with Crippen LogP contribution in [0.1, 0.15) is 39.0 Å². The van der Waals surface area contributed by atoms with Crippen LogP contribution in [0.2, 0.25) is 0 Å². The van der Waals surface area contributed by atoms with Crippen molar-refractivity contribution >= 4 is 17.4 Å². The second-order valence-electron chi connectivity index (χ2n) is 7.73. The van der Waals surface area contributed by atoms with Gasteiger partial charge in [0, 0.05) is 45.3 Å². The number of fused-ring (bicyclic) bond motifs is 1. The molecule has 2 saturated heterocycles. The highest BCUT2D eigenvalue weighted by molar-refractivity contribution is 5.92. The lowest BCUT2D eigenvalue weighted by molar-refractivity contribution is -0.114. The van der Waals surface area contributed by atoms with Gasteiger partial charge in [0.1, 0.15) is 0 Å². The number of carbonyl (C=O) groups is 1. The number of rotatable bonds is 4. The summed E-state index contributed by atoms with van der Waals surface area (Å²) < 4.78 is 0. The average Bonchev–Trinajstić information content (AvgIpc) is 3.31. The van der Waals surface area contributed by atoms with Gasteiger partial charge in [0.2, 0.25) is 5.91 Å². The molecule has 0 aromatic carbocycles. The van der Waals surface area contributed by atoms with E-state index in [1.54, 1.807) is 6.92 Å². The fourth-order valence-corrected chi connectivity index (χ4v) is 4.42. The molecule has 1 amide bonds. The number of likely N-dealkylation sites (tertiary alicyclic amines) is 1. The highest BCUT2D eigenvalue weighted by Gasteiger charge is 2.40. The van der Waals surface area contributed by atoms with Crippen LogP contribution in [0, 0.1) is 11.8 Å². The van der Waals surface area contributed by atoms with Crippen LogP contribution in [0.3, 0.4) is 0 Å². The van der Waals surface area contributed by atoms with Crippen LogP contribution >= 0.6 is 0 Å². The number of anilines is 2. The van der Waals surface area contributed by atoms with E-state index in [0.29, 0.717) is 6.04 Å². The molecule has 1 saturated carbocycles. The van der Waals surface area contributed by atoms with Crippen molar-refractivity contribution < 1.29 is 4.79 Å². The quantitative estimate of drug-likeness (QED) is 0.923. The second-order valence-corrected chi connectivity index (χ2v) is 7.73. The number of amides is 1. The molecule has 5 heteroatoms. The molecule has 3 aliphatic rings. The number of nitrogens with zero attached hydrogens (tertiary/aromatic N) is 3. The van der Waals surface area contributed by atoms with Crippen molar-refractivity contribution in [2.45, 2.75) is 45.1 Å². The number of nitrogens with one attached hydrogen (secondary N) is 1. The van der Waals surface area contributed by atoms with E-state index in [2.05, 4.69) is 20.1 Å². The Labute approximate surface area is 144 Å². The summed E-state index contributed by atoms with van der Waals surface area (Å²) in [6.07, 6.45) is 8.52. The first-order valence-corrected chi connectivity index (χ1v) is 9.42. The van der Waals surface area contributed by atoms with Gasteiger partial charge in [-0.2, -0.15) is 0 Å². The largest absolute Gasteiger partial charge is 0.350 e. The molecule has 1 aromatic heterocycles. The Kier molecular flexibility index (Phi) is 4.44. The molecule has 130 valence electrons. The molecule has 3 heterocycles. The molecule has 0 radical (unpaired) electrons. The van der Waals surface area contributed by atoms with Crippen molar-refractivity contribution in [2.75, 3.05) is 36.4 Å². The molecular formula is C19H28N4O. The van der Waals surface area contributed by atoms with Crippen molar-refractivity contribution in [3.63, 3.8) is 0 Å². The summed E-state index contributed by atoms with van der Waals surface area (Å²) in [7, 11) is 0. The van der Waals surface area contributed by atoms with E-state index < -0.39 is 0 Å². The molecule has 1 N–H and O–H groups in total. The zero-order valence-electron chi connectivity index (χ0n) is 14.6. The Morgan fingerprint density at radius 2 is 2.17 bits per heavy atom. The van der Waals surface area contributed by atoms with Gasteiger partial charge < -0.3 is 15.1 Å². The molecule has 1 aromatic rings. The maximum atomic E-state index is 11.6. The molecule has 2 atom stereocenters. The lowest BCUT2D eigenvalue weighted by atomic mass is 9.98. The van der Waals surface area contributed by atoms with E-state index in [1.807, 2.05) is 18.3 Å². The molecule has 24 heavy (non-hydrogen) atoms. The third kappa shape index (κ3) is 3.41. The molecule has 2 aliphatic heterocycles. The third-order valence-electron chi connectivity index (χ3n) is 5.69. The number of pyridine rings is 1. The lowest BCUT2D eigenvalue weighted by Gasteiger charge is -2.32. The SMILES string of the molecule is CC(=O)Nc1cccnc1N1CCCC[C@@H]2CN(CC3CC3)C[C@@H]21. The van der Waals surface area contributed by atoms with E-state index in [1.165, 1.54) is 45.2 Å². The van der Waals surface area contributed by atoms with Crippen LogP contribution in [0.5, 0.6) is 0 Å². The topological polar surface area (TPSA) is 48.5 Å². The van der Waals surface area contributed by atoms with Crippen molar-refractivity contribution in [1.82, 2.24) is 9.88 Å². The molecule has 4 rings (SSSR count). The van der Waals surface area contributed by atoms with Crippen molar-refractivity contribution in [1.29, 1.82) is 0 Å². The van der Waals surface area contributed by atoms with Crippen LogP contribution in [-0.4, -0.2) is 48.0 Å². The zero-order valence-corrected chi connectivity index (χ0v) is 14.6. The van der Waals surface area contributed by atoms with Crippen LogP contribution in [-0.2, 0) is 4.79 Å². The summed E-state index contributed by atoms with van der Waals surface area (Å²) in [5.41, 5.74) is 0.853. The van der Waals surface area contributed by atoms with Gasteiger partial charge in [-0.15, -0.1) is 0 Å². The molecule has 0 bridgehead atoms. The number of carbonyl (C=O) groups excluding carboxylic acids is 1. The van der Waals surface area contributed by atoms with E-state index in [0.717, 1.165) is 36.4 Å². The average molecular weight is 328 g/mol. The van der Waals surface area contributed by atoms with Gasteiger partial charge in [-0.05, 0) is 49.7 Å². The van der Waals surface area contributed by atoms with Crippen LogP contribution in [0.15, 0.2) is 18.3 Å². The Morgan fingerprint density at radius 3 is 2.96 bits per heavy atom. The first kappa shape index (κ1) is 15.9. The summed E-state index contributed by atoms with van der Waals surface area (Å²) in [6, 6.07) is 4.41. The summed E-state index contributed by atoms with van der Waals surface area (Å²) >= 11 is 0. The van der Waals surface area contributed by atoms with Crippen LogP contribution in [0.25, 0.3) is 0 Å². The van der Waals surface area contributed by atoms with E-state index in [-0.39, 0.29) is 5.91 Å².